The Kier molecular flexibility index (Phi) is 7.57. The Morgan fingerprint density at radius 1 is 1.14 bits per heavy atom. The van der Waals surface area contributed by atoms with Gasteiger partial charge in [0.15, 0.2) is 0 Å². The van der Waals surface area contributed by atoms with Gasteiger partial charge in [-0.25, -0.2) is 0 Å². The fourth-order valence-corrected chi connectivity index (χ4v) is 3.45. The monoisotopic (exact) mass is 418 g/mol. The number of carboxylic acids is 1. The Morgan fingerprint density at radius 2 is 1.76 bits per heavy atom. The molecule has 1 amide bonds. The molecule has 2 aliphatic heterocycles. The number of hydrogen-bond donors (Lipinski definition) is 2. The molecular weight excluding hydrogens is 397 g/mol. The van der Waals surface area contributed by atoms with E-state index in [-0.39, 0.29) is 43.0 Å². The van der Waals surface area contributed by atoms with Gasteiger partial charge in [-0.05, 0) is 24.3 Å². The standard InChI is InChI=1S/C17H19F3N2O4.CH2O2/c18-17(19,20)13-3-1-12(2-4-13)16(25)22-6-11-5-21(8-15(23)24)14(7-22)10-26-9-11;2-1-3/h1-4,11,14H,5-10H2,(H,23,24);1H,(H,2,3)/t11-,14+;/m1./s1. The summed E-state index contributed by atoms with van der Waals surface area (Å²) in [5, 5.41) is 16.0. The lowest BCUT2D eigenvalue weighted by molar-refractivity contribution is -0.139. The number of benzene rings is 1. The molecular formula is C18H21F3N2O6. The van der Waals surface area contributed by atoms with Crippen LogP contribution in [-0.4, -0.2) is 83.8 Å². The van der Waals surface area contributed by atoms with Gasteiger partial charge in [-0.15, -0.1) is 0 Å². The molecule has 0 spiro atoms. The molecule has 1 aromatic carbocycles. The van der Waals surface area contributed by atoms with Crippen molar-refractivity contribution in [3.63, 3.8) is 0 Å². The van der Waals surface area contributed by atoms with Crippen molar-refractivity contribution in [2.75, 3.05) is 39.4 Å². The minimum absolute atomic E-state index is 0.0414. The van der Waals surface area contributed by atoms with Crippen LogP contribution in [0.3, 0.4) is 0 Å². The van der Waals surface area contributed by atoms with Crippen LogP contribution in [0.25, 0.3) is 0 Å². The topological polar surface area (TPSA) is 107 Å². The summed E-state index contributed by atoms with van der Waals surface area (Å²) in [6, 6.07) is 3.89. The molecule has 2 heterocycles. The first-order chi connectivity index (χ1) is 13.7. The molecule has 160 valence electrons. The van der Waals surface area contributed by atoms with Gasteiger partial charge in [0.2, 0.25) is 0 Å². The maximum absolute atomic E-state index is 12.7. The van der Waals surface area contributed by atoms with Crippen LogP contribution in [0.2, 0.25) is 0 Å². The van der Waals surface area contributed by atoms with Crippen LogP contribution in [0.5, 0.6) is 0 Å². The molecule has 2 bridgehead atoms. The van der Waals surface area contributed by atoms with Gasteiger partial charge < -0.3 is 19.8 Å². The highest BCUT2D eigenvalue weighted by atomic mass is 19.4. The summed E-state index contributed by atoms with van der Waals surface area (Å²) < 4.78 is 43.6. The van der Waals surface area contributed by atoms with Gasteiger partial charge in [-0.2, -0.15) is 13.2 Å². The van der Waals surface area contributed by atoms with E-state index in [0.29, 0.717) is 26.3 Å². The molecule has 0 aliphatic carbocycles. The van der Waals surface area contributed by atoms with Gasteiger partial charge in [-0.3, -0.25) is 19.3 Å². The average molecular weight is 418 g/mol. The quantitative estimate of drug-likeness (QED) is 0.712. The number of nitrogens with zero attached hydrogens (tertiary/aromatic N) is 2. The van der Waals surface area contributed by atoms with Crippen molar-refractivity contribution in [1.82, 2.24) is 9.80 Å². The minimum Gasteiger partial charge on any atom is -0.483 e. The van der Waals surface area contributed by atoms with Crippen molar-refractivity contribution in [1.29, 1.82) is 0 Å². The highest BCUT2D eigenvalue weighted by molar-refractivity contribution is 5.94. The van der Waals surface area contributed by atoms with Crippen LogP contribution in [-0.2, 0) is 20.5 Å². The predicted molar refractivity (Wildman–Crippen MR) is 93.3 cm³/mol. The minimum atomic E-state index is -4.45. The van der Waals surface area contributed by atoms with Crippen LogP contribution in [0.4, 0.5) is 13.2 Å². The number of ether oxygens (including phenoxy) is 1. The molecule has 2 saturated heterocycles. The number of rotatable bonds is 3. The third-order valence-corrected chi connectivity index (χ3v) is 4.67. The highest BCUT2D eigenvalue weighted by Crippen LogP contribution is 2.29. The van der Waals surface area contributed by atoms with E-state index >= 15 is 0 Å². The number of carbonyl (C=O) groups excluding carboxylic acids is 1. The second kappa shape index (κ2) is 9.70. The third kappa shape index (κ3) is 6.16. The molecule has 0 aromatic heterocycles. The van der Waals surface area contributed by atoms with Gasteiger partial charge >= 0.3 is 12.1 Å². The number of fused-ring (bicyclic) bond motifs is 3. The Balaban J connectivity index is 0.000000941. The summed E-state index contributed by atoms with van der Waals surface area (Å²) in [4.78, 5) is 35.5. The Bertz CT molecular complexity index is 725. The van der Waals surface area contributed by atoms with Crippen LogP contribution < -0.4 is 0 Å². The number of aliphatic carboxylic acids is 1. The van der Waals surface area contributed by atoms with E-state index in [2.05, 4.69) is 0 Å². The largest absolute Gasteiger partial charge is 0.483 e. The molecule has 0 radical (unpaired) electrons. The molecule has 29 heavy (non-hydrogen) atoms. The average Bonchev–Trinajstić information content (AvgIpc) is 2.90. The molecule has 0 saturated carbocycles. The fraction of sp³-hybridized carbons (Fsp3) is 0.500. The molecule has 2 fully saturated rings. The van der Waals surface area contributed by atoms with Crippen molar-refractivity contribution in [3.8, 4) is 0 Å². The number of halogens is 3. The Hall–Kier alpha value is -2.66. The van der Waals surface area contributed by atoms with Crippen molar-refractivity contribution < 1.29 is 42.5 Å². The molecule has 2 N–H and O–H groups in total. The van der Waals surface area contributed by atoms with Gasteiger partial charge in [-0.1, -0.05) is 0 Å². The lowest BCUT2D eigenvalue weighted by Crippen LogP contribution is -2.47. The first-order valence-corrected chi connectivity index (χ1v) is 8.73. The van der Waals surface area contributed by atoms with E-state index in [1.54, 1.807) is 9.80 Å². The Morgan fingerprint density at radius 3 is 2.31 bits per heavy atom. The maximum Gasteiger partial charge on any atom is 0.416 e. The second-order valence-corrected chi connectivity index (χ2v) is 6.77. The molecule has 0 unspecified atom stereocenters. The summed E-state index contributed by atoms with van der Waals surface area (Å²) in [5.41, 5.74) is -0.619. The molecule has 1 aromatic rings. The van der Waals surface area contributed by atoms with Gasteiger partial charge in [0.05, 0.1) is 31.4 Å². The van der Waals surface area contributed by atoms with E-state index in [4.69, 9.17) is 19.7 Å². The zero-order valence-corrected chi connectivity index (χ0v) is 15.3. The van der Waals surface area contributed by atoms with Gasteiger partial charge in [0, 0.05) is 31.1 Å². The third-order valence-electron chi connectivity index (χ3n) is 4.67. The van der Waals surface area contributed by atoms with E-state index in [9.17, 15) is 22.8 Å². The molecule has 2 aliphatic rings. The van der Waals surface area contributed by atoms with Crippen LogP contribution in [0.1, 0.15) is 15.9 Å². The summed E-state index contributed by atoms with van der Waals surface area (Å²) in [5.74, 6) is -1.34. The van der Waals surface area contributed by atoms with Crippen LogP contribution in [0, 0.1) is 5.92 Å². The number of alkyl halides is 3. The van der Waals surface area contributed by atoms with Crippen molar-refractivity contribution in [2.24, 2.45) is 5.92 Å². The molecule has 2 atom stereocenters. The summed E-state index contributed by atoms with van der Waals surface area (Å²) >= 11 is 0. The predicted octanol–water partition coefficient (Wildman–Crippen LogP) is 1.26. The number of carboxylic acid groups (broad SMARTS) is 2. The smallest absolute Gasteiger partial charge is 0.416 e. The zero-order chi connectivity index (χ0) is 21.6. The second-order valence-electron chi connectivity index (χ2n) is 6.77. The van der Waals surface area contributed by atoms with Crippen LogP contribution in [0.15, 0.2) is 24.3 Å². The van der Waals surface area contributed by atoms with E-state index in [0.717, 1.165) is 12.1 Å². The Labute approximate surface area is 164 Å². The van der Waals surface area contributed by atoms with Crippen molar-refractivity contribution in [3.05, 3.63) is 35.4 Å². The first kappa shape index (κ1) is 22.6. The first-order valence-electron chi connectivity index (χ1n) is 8.73. The highest BCUT2D eigenvalue weighted by Gasteiger charge is 2.36. The lowest BCUT2D eigenvalue weighted by atomic mass is 10.1. The van der Waals surface area contributed by atoms with Crippen molar-refractivity contribution in [2.45, 2.75) is 12.2 Å². The fourth-order valence-electron chi connectivity index (χ4n) is 3.45. The van der Waals surface area contributed by atoms with Crippen LogP contribution >= 0.6 is 0 Å². The van der Waals surface area contributed by atoms with Gasteiger partial charge in [0.1, 0.15) is 0 Å². The normalized spacial score (nSPS) is 22.1. The van der Waals surface area contributed by atoms with E-state index in [1.807, 2.05) is 0 Å². The van der Waals surface area contributed by atoms with E-state index < -0.39 is 17.7 Å². The molecule has 11 heteroatoms. The van der Waals surface area contributed by atoms with Crippen molar-refractivity contribution >= 4 is 18.3 Å². The lowest BCUT2D eigenvalue weighted by Gasteiger charge is -2.30. The summed E-state index contributed by atoms with van der Waals surface area (Å²) in [6.07, 6.45) is -4.45. The maximum atomic E-state index is 12.7. The summed E-state index contributed by atoms with van der Waals surface area (Å²) in [6.45, 7) is 1.53. The molecule has 8 nitrogen and oxygen atoms in total. The molecule has 3 rings (SSSR count). The number of amides is 1. The van der Waals surface area contributed by atoms with E-state index in [1.165, 1.54) is 12.1 Å². The number of hydrogen-bond acceptors (Lipinski definition) is 5. The number of carbonyl (C=O) groups is 3. The summed E-state index contributed by atoms with van der Waals surface area (Å²) in [7, 11) is 0. The van der Waals surface area contributed by atoms with Gasteiger partial charge in [0.25, 0.3) is 12.4 Å². The SMILES string of the molecule is O=C(O)CN1C[C@H]2COC[C@@H]1CN(C(=O)c1ccc(C(F)(F)F)cc1)C2.O=CO. The zero-order valence-electron chi connectivity index (χ0n) is 15.3.